The summed E-state index contributed by atoms with van der Waals surface area (Å²) in [6.45, 7) is 6.85. The number of nitrogens with zero attached hydrogens (tertiary/aromatic N) is 2. The fourth-order valence-corrected chi connectivity index (χ4v) is 3.06. The van der Waals surface area contributed by atoms with Gasteiger partial charge < -0.3 is 19.7 Å². The highest BCUT2D eigenvalue weighted by molar-refractivity contribution is 5.94. The molecule has 2 amide bonds. The van der Waals surface area contributed by atoms with Gasteiger partial charge in [0, 0.05) is 51.3 Å². The molecule has 1 aromatic rings. The Morgan fingerprint density at radius 1 is 1.12 bits per heavy atom. The molecule has 0 aliphatic carbocycles. The fraction of sp³-hybridized carbons (Fsp3) is 0.556. The Morgan fingerprint density at radius 2 is 1.88 bits per heavy atom. The summed E-state index contributed by atoms with van der Waals surface area (Å²) < 4.78 is 10.5. The van der Waals surface area contributed by atoms with E-state index in [1.807, 2.05) is 11.8 Å². The van der Waals surface area contributed by atoms with Crippen LogP contribution in [-0.2, 0) is 4.79 Å². The number of piperazine rings is 1. The second kappa shape index (κ2) is 8.20. The second-order valence-corrected chi connectivity index (χ2v) is 6.30. The number of amides is 2. The molecule has 25 heavy (non-hydrogen) atoms. The first-order valence-electron chi connectivity index (χ1n) is 8.85. The van der Waals surface area contributed by atoms with Gasteiger partial charge in [-0.3, -0.25) is 14.5 Å². The van der Waals surface area contributed by atoms with E-state index in [1.54, 1.807) is 18.2 Å². The van der Waals surface area contributed by atoms with E-state index in [-0.39, 0.29) is 18.6 Å². The van der Waals surface area contributed by atoms with E-state index in [1.165, 1.54) is 0 Å². The summed E-state index contributed by atoms with van der Waals surface area (Å²) in [5, 5.41) is 2.93. The van der Waals surface area contributed by atoms with Gasteiger partial charge in [-0.05, 0) is 24.6 Å². The van der Waals surface area contributed by atoms with Crippen LogP contribution in [0.2, 0.25) is 0 Å². The zero-order valence-corrected chi connectivity index (χ0v) is 14.6. The zero-order valence-electron chi connectivity index (χ0n) is 14.6. The third-order valence-electron chi connectivity index (χ3n) is 4.54. The summed E-state index contributed by atoms with van der Waals surface area (Å²) in [6.07, 6.45) is 1.52. The minimum atomic E-state index is -0.116. The third-order valence-corrected chi connectivity index (χ3v) is 4.54. The lowest BCUT2D eigenvalue weighted by atomic mass is 10.2. The number of rotatable bonds is 6. The van der Waals surface area contributed by atoms with Gasteiger partial charge >= 0.3 is 0 Å². The number of nitrogens with one attached hydrogen (secondary N) is 1. The number of carbonyl (C=O) groups is 2. The number of ether oxygens (including phenoxy) is 2. The molecule has 0 spiro atoms. The van der Waals surface area contributed by atoms with Crippen molar-refractivity contribution in [1.29, 1.82) is 0 Å². The zero-order chi connectivity index (χ0) is 17.6. The SMILES string of the molecule is CCCC(=O)N1CCN(CCNC(=O)c2ccc3c(c2)OCO3)CC1. The Labute approximate surface area is 147 Å². The topological polar surface area (TPSA) is 71.1 Å². The minimum absolute atomic E-state index is 0.116. The molecule has 3 rings (SSSR count). The van der Waals surface area contributed by atoms with Crippen LogP contribution in [0.4, 0.5) is 0 Å². The summed E-state index contributed by atoms with van der Waals surface area (Å²) in [6, 6.07) is 5.19. The molecule has 0 saturated carbocycles. The Hall–Kier alpha value is -2.28. The first-order chi connectivity index (χ1) is 12.2. The molecule has 0 atom stereocenters. The van der Waals surface area contributed by atoms with Crippen LogP contribution in [0.1, 0.15) is 30.1 Å². The first kappa shape index (κ1) is 17.5. The van der Waals surface area contributed by atoms with Gasteiger partial charge in [0.1, 0.15) is 0 Å². The average Bonchev–Trinajstić information content (AvgIpc) is 3.10. The van der Waals surface area contributed by atoms with Gasteiger partial charge in [-0.25, -0.2) is 0 Å². The number of carbonyl (C=O) groups excluding carboxylic acids is 2. The highest BCUT2D eigenvalue weighted by Gasteiger charge is 2.20. The van der Waals surface area contributed by atoms with Crippen LogP contribution in [0.25, 0.3) is 0 Å². The summed E-state index contributed by atoms with van der Waals surface area (Å²) in [4.78, 5) is 28.3. The average molecular weight is 347 g/mol. The van der Waals surface area contributed by atoms with Gasteiger partial charge in [-0.2, -0.15) is 0 Å². The van der Waals surface area contributed by atoms with Crippen molar-refractivity contribution in [3.05, 3.63) is 23.8 Å². The largest absolute Gasteiger partial charge is 0.454 e. The van der Waals surface area contributed by atoms with Crippen LogP contribution in [0.15, 0.2) is 18.2 Å². The molecule has 2 aliphatic rings. The van der Waals surface area contributed by atoms with Crippen molar-refractivity contribution in [3.63, 3.8) is 0 Å². The van der Waals surface area contributed by atoms with E-state index in [2.05, 4.69) is 10.2 Å². The predicted molar refractivity (Wildman–Crippen MR) is 92.8 cm³/mol. The van der Waals surface area contributed by atoms with Gasteiger partial charge in [0.2, 0.25) is 12.7 Å². The molecule has 1 fully saturated rings. The summed E-state index contributed by atoms with van der Waals surface area (Å²) in [7, 11) is 0. The van der Waals surface area contributed by atoms with Gasteiger partial charge in [-0.15, -0.1) is 0 Å². The number of fused-ring (bicyclic) bond motifs is 1. The Morgan fingerprint density at radius 3 is 2.64 bits per heavy atom. The molecule has 2 heterocycles. The highest BCUT2D eigenvalue weighted by atomic mass is 16.7. The van der Waals surface area contributed by atoms with Crippen LogP contribution < -0.4 is 14.8 Å². The van der Waals surface area contributed by atoms with Gasteiger partial charge in [0.05, 0.1) is 0 Å². The Bertz CT molecular complexity index is 627. The molecule has 1 N–H and O–H groups in total. The van der Waals surface area contributed by atoms with Crippen molar-refractivity contribution in [2.24, 2.45) is 0 Å². The van der Waals surface area contributed by atoms with Crippen molar-refractivity contribution in [2.45, 2.75) is 19.8 Å². The lowest BCUT2D eigenvalue weighted by Gasteiger charge is -2.34. The van der Waals surface area contributed by atoms with Crippen molar-refractivity contribution >= 4 is 11.8 Å². The molecule has 136 valence electrons. The van der Waals surface area contributed by atoms with Crippen LogP contribution in [0, 0.1) is 0 Å². The molecule has 0 radical (unpaired) electrons. The van der Waals surface area contributed by atoms with Gasteiger partial charge in [0.15, 0.2) is 11.5 Å². The number of hydrogen-bond acceptors (Lipinski definition) is 5. The molecule has 7 heteroatoms. The molecule has 2 aliphatic heterocycles. The molecule has 1 aromatic carbocycles. The molecular formula is C18H25N3O4. The summed E-state index contributed by atoms with van der Waals surface area (Å²) in [5.74, 6) is 1.42. The lowest BCUT2D eigenvalue weighted by molar-refractivity contribution is -0.132. The molecule has 7 nitrogen and oxygen atoms in total. The van der Waals surface area contributed by atoms with E-state index in [4.69, 9.17) is 9.47 Å². The van der Waals surface area contributed by atoms with Crippen LogP contribution >= 0.6 is 0 Å². The van der Waals surface area contributed by atoms with E-state index < -0.39 is 0 Å². The van der Waals surface area contributed by atoms with Crippen LogP contribution in [0.5, 0.6) is 11.5 Å². The monoisotopic (exact) mass is 347 g/mol. The fourth-order valence-electron chi connectivity index (χ4n) is 3.06. The maximum atomic E-state index is 12.2. The van der Waals surface area contributed by atoms with Crippen LogP contribution in [0.3, 0.4) is 0 Å². The normalized spacial score (nSPS) is 16.8. The standard InChI is InChI=1S/C18H25N3O4/c1-2-3-17(22)21-10-8-20(9-11-21)7-6-19-18(23)14-4-5-15-16(12-14)25-13-24-15/h4-5,12H,2-3,6-11,13H2,1H3,(H,19,23). The van der Waals surface area contributed by atoms with Crippen LogP contribution in [-0.4, -0.2) is 67.7 Å². The molecule has 0 bridgehead atoms. The number of benzene rings is 1. The highest BCUT2D eigenvalue weighted by Crippen LogP contribution is 2.32. The quantitative estimate of drug-likeness (QED) is 0.834. The van der Waals surface area contributed by atoms with Gasteiger partial charge in [-0.1, -0.05) is 6.92 Å². The van der Waals surface area contributed by atoms with E-state index in [0.717, 1.165) is 39.1 Å². The maximum absolute atomic E-state index is 12.2. The summed E-state index contributed by atoms with van der Waals surface area (Å²) >= 11 is 0. The Balaban J connectivity index is 1.39. The first-order valence-corrected chi connectivity index (χ1v) is 8.85. The third kappa shape index (κ3) is 4.42. The summed E-state index contributed by atoms with van der Waals surface area (Å²) in [5.41, 5.74) is 0.569. The van der Waals surface area contributed by atoms with Crippen molar-refractivity contribution < 1.29 is 19.1 Å². The number of hydrogen-bond donors (Lipinski definition) is 1. The van der Waals surface area contributed by atoms with Crippen molar-refractivity contribution in [2.75, 3.05) is 46.1 Å². The molecule has 1 saturated heterocycles. The van der Waals surface area contributed by atoms with Gasteiger partial charge in [0.25, 0.3) is 5.91 Å². The van der Waals surface area contributed by atoms with Crippen molar-refractivity contribution in [1.82, 2.24) is 15.1 Å². The van der Waals surface area contributed by atoms with Crippen molar-refractivity contribution in [3.8, 4) is 11.5 Å². The lowest BCUT2D eigenvalue weighted by Crippen LogP contribution is -2.50. The Kier molecular flexibility index (Phi) is 5.75. The van der Waals surface area contributed by atoms with E-state index >= 15 is 0 Å². The smallest absolute Gasteiger partial charge is 0.251 e. The minimum Gasteiger partial charge on any atom is -0.454 e. The maximum Gasteiger partial charge on any atom is 0.251 e. The molecular weight excluding hydrogens is 322 g/mol. The molecule has 0 unspecified atom stereocenters. The molecule has 0 aromatic heterocycles. The van der Waals surface area contributed by atoms with E-state index in [0.29, 0.717) is 30.0 Å². The predicted octanol–water partition coefficient (Wildman–Crippen LogP) is 1.09. The van der Waals surface area contributed by atoms with E-state index in [9.17, 15) is 9.59 Å². The second-order valence-electron chi connectivity index (χ2n) is 6.30.